The summed E-state index contributed by atoms with van der Waals surface area (Å²) in [5, 5.41) is 12.0. The lowest BCUT2D eigenvalue weighted by atomic mass is 10.1. The number of ether oxygens (including phenoxy) is 1. The largest absolute Gasteiger partial charge is 0.480 e. The summed E-state index contributed by atoms with van der Waals surface area (Å²) < 4.78 is 4.99. The topological polar surface area (TPSA) is 58.6 Å². The van der Waals surface area contributed by atoms with Crippen molar-refractivity contribution in [3.05, 3.63) is 0 Å². The first-order valence-electron chi connectivity index (χ1n) is 5.56. The molecule has 4 nitrogen and oxygen atoms in total. The highest BCUT2D eigenvalue weighted by molar-refractivity contribution is 5.73. The van der Waals surface area contributed by atoms with Gasteiger partial charge in [-0.25, -0.2) is 0 Å². The Morgan fingerprint density at radius 1 is 1.53 bits per heavy atom. The van der Waals surface area contributed by atoms with Gasteiger partial charge in [-0.05, 0) is 12.3 Å². The van der Waals surface area contributed by atoms with E-state index in [0.717, 1.165) is 12.8 Å². The minimum atomic E-state index is -0.756. The number of rotatable bonds is 9. The molecule has 0 spiro atoms. The van der Waals surface area contributed by atoms with Crippen LogP contribution in [0.3, 0.4) is 0 Å². The van der Waals surface area contributed by atoms with Crippen molar-refractivity contribution in [2.75, 3.05) is 20.3 Å². The Kier molecular flexibility index (Phi) is 8.33. The van der Waals surface area contributed by atoms with Crippen molar-refractivity contribution in [3.8, 4) is 0 Å². The maximum absolute atomic E-state index is 10.9. The fourth-order valence-corrected chi connectivity index (χ4v) is 1.41. The van der Waals surface area contributed by atoms with Crippen LogP contribution in [0.1, 0.15) is 33.1 Å². The number of hydrogen-bond acceptors (Lipinski definition) is 3. The first-order chi connectivity index (χ1) is 7.11. The van der Waals surface area contributed by atoms with Gasteiger partial charge in [0.1, 0.15) is 6.04 Å². The van der Waals surface area contributed by atoms with E-state index in [-0.39, 0.29) is 0 Å². The Morgan fingerprint density at radius 3 is 2.67 bits per heavy atom. The van der Waals surface area contributed by atoms with Crippen LogP contribution in [0.25, 0.3) is 0 Å². The lowest BCUT2D eigenvalue weighted by Crippen LogP contribution is -2.39. The molecular formula is C11H23NO3. The quantitative estimate of drug-likeness (QED) is 0.614. The molecule has 0 aliphatic rings. The van der Waals surface area contributed by atoms with Crippen LogP contribution in [-0.2, 0) is 9.53 Å². The molecule has 0 aromatic rings. The zero-order valence-electron chi connectivity index (χ0n) is 9.95. The van der Waals surface area contributed by atoms with Gasteiger partial charge in [0.05, 0.1) is 0 Å². The maximum atomic E-state index is 10.9. The molecule has 4 heteroatoms. The van der Waals surface area contributed by atoms with E-state index in [1.165, 1.54) is 0 Å². The number of carbonyl (C=O) groups is 1. The summed E-state index contributed by atoms with van der Waals surface area (Å²) in [5.74, 6) is -0.411. The van der Waals surface area contributed by atoms with Gasteiger partial charge in [0.15, 0.2) is 0 Å². The highest BCUT2D eigenvalue weighted by Crippen LogP contribution is 2.02. The molecule has 0 aliphatic heterocycles. The molecule has 0 radical (unpaired) electrons. The van der Waals surface area contributed by atoms with Gasteiger partial charge in [-0.1, -0.05) is 26.7 Å². The molecule has 0 rings (SSSR count). The molecule has 0 bridgehead atoms. The standard InChI is InChI=1S/C11H23NO3/c1-4-5-6-10(11(13)14)12-7-9(2)8-15-3/h9-10,12H,4-8H2,1-3H3,(H,13,14). The summed E-state index contributed by atoms with van der Waals surface area (Å²) in [4.78, 5) is 10.9. The second kappa shape index (κ2) is 8.68. The monoisotopic (exact) mass is 217 g/mol. The summed E-state index contributed by atoms with van der Waals surface area (Å²) in [6.45, 7) is 5.45. The molecule has 2 unspecified atom stereocenters. The van der Waals surface area contributed by atoms with Crippen molar-refractivity contribution in [2.24, 2.45) is 5.92 Å². The summed E-state index contributed by atoms with van der Waals surface area (Å²) in [6, 6.07) is -0.413. The van der Waals surface area contributed by atoms with E-state index in [2.05, 4.69) is 12.2 Å². The van der Waals surface area contributed by atoms with E-state index < -0.39 is 12.0 Å². The Bertz CT molecular complexity index is 173. The molecule has 90 valence electrons. The first-order valence-corrected chi connectivity index (χ1v) is 5.56. The molecule has 0 fully saturated rings. The molecular weight excluding hydrogens is 194 g/mol. The summed E-state index contributed by atoms with van der Waals surface area (Å²) >= 11 is 0. The fourth-order valence-electron chi connectivity index (χ4n) is 1.41. The number of hydrogen-bond donors (Lipinski definition) is 2. The molecule has 0 heterocycles. The lowest BCUT2D eigenvalue weighted by molar-refractivity contribution is -0.139. The van der Waals surface area contributed by atoms with Gasteiger partial charge >= 0.3 is 5.97 Å². The van der Waals surface area contributed by atoms with Crippen molar-refractivity contribution in [1.29, 1.82) is 0 Å². The Morgan fingerprint density at radius 2 is 2.20 bits per heavy atom. The van der Waals surface area contributed by atoms with Crippen LogP contribution in [0.5, 0.6) is 0 Å². The van der Waals surface area contributed by atoms with E-state index in [4.69, 9.17) is 9.84 Å². The van der Waals surface area contributed by atoms with Crippen molar-refractivity contribution in [3.63, 3.8) is 0 Å². The zero-order chi connectivity index (χ0) is 11.7. The van der Waals surface area contributed by atoms with E-state index >= 15 is 0 Å². The predicted molar refractivity (Wildman–Crippen MR) is 60.0 cm³/mol. The van der Waals surface area contributed by atoms with Gasteiger partial charge < -0.3 is 15.2 Å². The lowest BCUT2D eigenvalue weighted by Gasteiger charge is -2.17. The van der Waals surface area contributed by atoms with Crippen molar-refractivity contribution in [1.82, 2.24) is 5.32 Å². The van der Waals surface area contributed by atoms with Crippen LogP contribution in [0.4, 0.5) is 0 Å². The molecule has 0 aromatic heterocycles. The average molecular weight is 217 g/mol. The van der Waals surface area contributed by atoms with Gasteiger partial charge in [-0.3, -0.25) is 4.79 Å². The van der Waals surface area contributed by atoms with Crippen LogP contribution in [0, 0.1) is 5.92 Å². The van der Waals surface area contributed by atoms with Crippen LogP contribution in [0.15, 0.2) is 0 Å². The molecule has 0 saturated carbocycles. The smallest absolute Gasteiger partial charge is 0.320 e. The first kappa shape index (κ1) is 14.4. The van der Waals surface area contributed by atoms with E-state index in [9.17, 15) is 4.79 Å². The van der Waals surface area contributed by atoms with Crippen molar-refractivity contribution < 1.29 is 14.6 Å². The summed E-state index contributed by atoms with van der Waals surface area (Å²) in [7, 11) is 1.66. The number of nitrogens with one attached hydrogen (secondary N) is 1. The van der Waals surface area contributed by atoms with Gasteiger partial charge in [-0.2, -0.15) is 0 Å². The average Bonchev–Trinajstić information content (AvgIpc) is 2.17. The Hall–Kier alpha value is -0.610. The second-order valence-electron chi connectivity index (χ2n) is 4.00. The molecule has 0 amide bonds. The summed E-state index contributed by atoms with van der Waals surface area (Å²) in [5.41, 5.74) is 0. The zero-order valence-corrected chi connectivity index (χ0v) is 9.95. The van der Waals surface area contributed by atoms with E-state index in [1.807, 2.05) is 6.92 Å². The van der Waals surface area contributed by atoms with Crippen LogP contribution in [-0.4, -0.2) is 37.4 Å². The second-order valence-corrected chi connectivity index (χ2v) is 4.00. The SMILES string of the molecule is CCCCC(NCC(C)COC)C(=O)O. The summed E-state index contributed by atoms with van der Waals surface area (Å²) in [6.07, 6.45) is 2.67. The van der Waals surface area contributed by atoms with Crippen molar-refractivity contribution >= 4 is 5.97 Å². The van der Waals surface area contributed by atoms with Crippen LogP contribution >= 0.6 is 0 Å². The fraction of sp³-hybridized carbons (Fsp3) is 0.909. The molecule has 15 heavy (non-hydrogen) atoms. The van der Waals surface area contributed by atoms with Gasteiger partial charge in [0, 0.05) is 20.3 Å². The number of unbranched alkanes of at least 4 members (excludes halogenated alkanes) is 1. The Labute approximate surface area is 92.0 Å². The predicted octanol–water partition coefficient (Wildman–Crippen LogP) is 1.50. The normalized spacial score (nSPS) is 14.9. The number of carboxylic acid groups (broad SMARTS) is 1. The highest BCUT2D eigenvalue weighted by Gasteiger charge is 2.16. The van der Waals surface area contributed by atoms with E-state index in [1.54, 1.807) is 7.11 Å². The van der Waals surface area contributed by atoms with Crippen LogP contribution in [0.2, 0.25) is 0 Å². The molecule has 2 N–H and O–H groups in total. The molecule has 0 saturated heterocycles. The number of methoxy groups -OCH3 is 1. The van der Waals surface area contributed by atoms with Gasteiger partial charge in [0.25, 0.3) is 0 Å². The molecule has 0 aliphatic carbocycles. The number of carboxylic acids is 1. The number of aliphatic carboxylic acids is 1. The maximum Gasteiger partial charge on any atom is 0.320 e. The Balaban J connectivity index is 3.79. The van der Waals surface area contributed by atoms with Crippen molar-refractivity contribution in [2.45, 2.75) is 39.2 Å². The highest BCUT2D eigenvalue weighted by atomic mass is 16.5. The molecule has 0 aromatic carbocycles. The minimum absolute atomic E-state index is 0.346. The third-order valence-electron chi connectivity index (χ3n) is 2.31. The third-order valence-corrected chi connectivity index (χ3v) is 2.31. The van der Waals surface area contributed by atoms with Crippen LogP contribution < -0.4 is 5.32 Å². The minimum Gasteiger partial charge on any atom is -0.480 e. The molecule has 2 atom stereocenters. The third kappa shape index (κ3) is 7.33. The van der Waals surface area contributed by atoms with E-state index in [0.29, 0.717) is 25.5 Å². The van der Waals surface area contributed by atoms with Gasteiger partial charge in [-0.15, -0.1) is 0 Å². The van der Waals surface area contributed by atoms with Gasteiger partial charge in [0.2, 0.25) is 0 Å².